The van der Waals surface area contributed by atoms with Crippen molar-refractivity contribution >= 4 is 17.3 Å². The number of benzene rings is 1. The van der Waals surface area contributed by atoms with E-state index in [4.69, 9.17) is 4.42 Å². The number of nitrogens with one attached hydrogen (secondary N) is 2. The lowest BCUT2D eigenvalue weighted by Crippen LogP contribution is -2.54. The van der Waals surface area contributed by atoms with Crippen LogP contribution in [0.2, 0.25) is 0 Å². The summed E-state index contributed by atoms with van der Waals surface area (Å²) in [6.07, 6.45) is 10.3. The van der Waals surface area contributed by atoms with E-state index in [0.717, 1.165) is 74.5 Å². The molecule has 2 aliphatic rings. The number of hydrogen-bond donors (Lipinski definition) is 2. The number of rotatable bonds is 6. The molecule has 6 rings (SSSR count). The quantitative estimate of drug-likeness (QED) is 0.382. The number of pyridine rings is 1. The molecule has 2 N–H and O–H groups in total. The molecule has 2 fully saturated rings. The van der Waals surface area contributed by atoms with E-state index in [0.29, 0.717) is 23.4 Å². The molecule has 0 spiro atoms. The summed E-state index contributed by atoms with van der Waals surface area (Å²) in [6, 6.07) is 9.11. The zero-order valence-corrected chi connectivity index (χ0v) is 20.8. The monoisotopic (exact) mass is 507 g/mol. The van der Waals surface area contributed by atoms with Crippen LogP contribution < -0.4 is 15.5 Å². The second kappa shape index (κ2) is 10.1. The largest absolute Gasteiger partial charge is 0.424 e. The van der Waals surface area contributed by atoms with E-state index < -0.39 is 11.6 Å². The topological polar surface area (TPSA) is 83.5 Å². The minimum atomic E-state index is -0.905. The highest BCUT2D eigenvalue weighted by Crippen LogP contribution is 2.28. The fourth-order valence-corrected chi connectivity index (χ4v) is 5.61. The van der Waals surface area contributed by atoms with Crippen molar-refractivity contribution in [3.8, 4) is 11.3 Å². The van der Waals surface area contributed by atoms with Crippen LogP contribution in [0.1, 0.15) is 44.3 Å². The maximum absolute atomic E-state index is 13.7. The SMILES string of the molecule is Cc1nc2ccc(N3CCC[C@H](N[C@@H]4CCCC[C@H]4Nc4ncc(-c5ccc(F)c(F)c5)o4)C3)cn2n1. The van der Waals surface area contributed by atoms with Crippen molar-refractivity contribution in [2.45, 2.75) is 63.6 Å². The van der Waals surface area contributed by atoms with Crippen molar-refractivity contribution in [1.82, 2.24) is 24.9 Å². The number of aryl methyl sites for hydroxylation is 1. The smallest absolute Gasteiger partial charge is 0.295 e. The predicted molar refractivity (Wildman–Crippen MR) is 138 cm³/mol. The van der Waals surface area contributed by atoms with Crippen LogP contribution in [0.15, 0.2) is 47.1 Å². The Morgan fingerprint density at radius 2 is 1.86 bits per heavy atom. The summed E-state index contributed by atoms with van der Waals surface area (Å²) in [5.41, 5.74) is 2.48. The lowest BCUT2D eigenvalue weighted by molar-refractivity contribution is 0.290. The van der Waals surface area contributed by atoms with Gasteiger partial charge in [-0.2, -0.15) is 5.10 Å². The molecule has 4 aromatic rings. The summed E-state index contributed by atoms with van der Waals surface area (Å²) in [4.78, 5) is 11.2. The first-order valence-electron chi connectivity index (χ1n) is 13.0. The second-order valence-electron chi connectivity index (χ2n) is 10.1. The van der Waals surface area contributed by atoms with Crippen LogP contribution in [0.25, 0.3) is 17.0 Å². The highest BCUT2D eigenvalue weighted by atomic mass is 19.2. The third-order valence-corrected chi connectivity index (χ3v) is 7.44. The summed E-state index contributed by atoms with van der Waals surface area (Å²) in [7, 11) is 0. The highest BCUT2D eigenvalue weighted by molar-refractivity contribution is 5.57. The standard InChI is InChI=1S/C27H31F2N7O/c1-17-31-26-11-9-20(16-36(26)34-17)35-12-4-5-19(15-35)32-23-6-2-3-7-24(23)33-27-30-14-25(37-27)18-8-10-21(28)22(29)13-18/h8-11,13-14,16,19,23-24,32H,2-7,12,15H2,1H3,(H,30,33)/t19-,23+,24+/m0/s1. The van der Waals surface area contributed by atoms with Gasteiger partial charge in [0.25, 0.3) is 6.01 Å². The van der Waals surface area contributed by atoms with Gasteiger partial charge < -0.3 is 20.0 Å². The molecule has 1 aliphatic heterocycles. The van der Waals surface area contributed by atoms with Gasteiger partial charge in [0.2, 0.25) is 0 Å². The van der Waals surface area contributed by atoms with Gasteiger partial charge in [0, 0.05) is 36.8 Å². The first-order chi connectivity index (χ1) is 18.0. The number of anilines is 2. The molecule has 1 saturated carbocycles. The van der Waals surface area contributed by atoms with Gasteiger partial charge in [-0.1, -0.05) is 12.8 Å². The first-order valence-corrected chi connectivity index (χ1v) is 13.0. The van der Waals surface area contributed by atoms with Crippen LogP contribution >= 0.6 is 0 Å². The van der Waals surface area contributed by atoms with Crippen LogP contribution in [0, 0.1) is 18.6 Å². The molecule has 0 amide bonds. The van der Waals surface area contributed by atoms with Crippen LogP contribution in [-0.2, 0) is 0 Å². The number of oxazole rings is 1. The predicted octanol–water partition coefficient (Wildman–Crippen LogP) is 4.95. The van der Waals surface area contributed by atoms with Gasteiger partial charge in [-0.25, -0.2) is 23.3 Å². The summed E-state index contributed by atoms with van der Waals surface area (Å²) >= 11 is 0. The molecular weight excluding hydrogens is 476 g/mol. The average molecular weight is 508 g/mol. The third-order valence-electron chi connectivity index (χ3n) is 7.44. The molecule has 0 unspecified atom stereocenters. The number of fused-ring (bicyclic) bond motifs is 1. The van der Waals surface area contributed by atoms with Gasteiger partial charge in [0.15, 0.2) is 23.0 Å². The molecule has 1 aromatic carbocycles. The van der Waals surface area contributed by atoms with Crippen molar-refractivity contribution in [2.24, 2.45) is 0 Å². The van der Waals surface area contributed by atoms with Crippen molar-refractivity contribution in [3.05, 3.63) is 60.2 Å². The molecule has 3 aromatic heterocycles. The Balaban J connectivity index is 1.11. The molecule has 1 saturated heterocycles. The molecule has 3 atom stereocenters. The lowest BCUT2D eigenvalue weighted by atomic mass is 9.89. The number of aromatic nitrogens is 4. The highest BCUT2D eigenvalue weighted by Gasteiger charge is 2.30. The first kappa shape index (κ1) is 23.8. The third kappa shape index (κ3) is 5.16. The van der Waals surface area contributed by atoms with E-state index in [9.17, 15) is 8.78 Å². The maximum Gasteiger partial charge on any atom is 0.295 e. The van der Waals surface area contributed by atoms with E-state index in [-0.39, 0.29) is 12.1 Å². The van der Waals surface area contributed by atoms with Crippen molar-refractivity contribution < 1.29 is 13.2 Å². The Bertz CT molecular complexity index is 1390. The Morgan fingerprint density at radius 3 is 2.73 bits per heavy atom. The van der Waals surface area contributed by atoms with E-state index in [1.54, 1.807) is 6.20 Å². The zero-order valence-electron chi connectivity index (χ0n) is 20.8. The summed E-state index contributed by atoms with van der Waals surface area (Å²) in [5, 5.41) is 11.8. The maximum atomic E-state index is 13.7. The van der Waals surface area contributed by atoms with Crippen LogP contribution in [-0.4, -0.2) is 50.8 Å². The molecule has 0 bridgehead atoms. The number of hydrogen-bond acceptors (Lipinski definition) is 7. The Kier molecular flexibility index (Phi) is 6.50. The van der Waals surface area contributed by atoms with Gasteiger partial charge in [-0.05, 0) is 62.9 Å². The Labute approximate surface area is 214 Å². The Hall–Kier alpha value is -3.53. The fraction of sp³-hybridized carbons (Fsp3) is 0.444. The molecule has 10 heteroatoms. The molecule has 1 aliphatic carbocycles. The number of piperidine rings is 1. The molecule has 4 heterocycles. The van der Waals surface area contributed by atoms with Gasteiger partial charge in [-0.15, -0.1) is 0 Å². The van der Waals surface area contributed by atoms with E-state index in [1.807, 2.05) is 17.5 Å². The van der Waals surface area contributed by atoms with Crippen LogP contribution in [0.5, 0.6) is 0 Å². The van der Waals surface area contributed by atoms with Gasteiger partial charge in [0.1, 0.15) is 5.82 Å². The minimum Gasteiger partial charge on any atom is -0.424 e. The molecular formula is C27H31F2N7O. The van der Waals surface area contributed by atoms with Crippen molar-refractivity contribution in [3.63, 3.8) is 0 Å². The lowest BCUT2D eigenvalue weighted by Gasteiger charge is -2.40. The van der Waals surface area contributed by atoms with Gasteiger partial charge in [-0.3, -0.25) is 0 Å². The summed E-state index contributed by atoms with van der Waals surface area (Å²) in [6.45, 7) is 3.86. The van der Waals surface area contributed by atoms with Gasteiger partial charge >= 0.3 is 0 Å². The van der Waals surface area contributed by atoms with Crippen LogP contribution in [0.4, 0.5) is 20.5 Å². The molecule has 8 nitrogen and oxygen atoms in total. The van der Waals surface area contributed by atoms with Crippen molar-refractivity contribution in [2.75, 3.05) is 23.3 Å². The Morgan fingerprint density at radius 1 is 1.00 bits per heavy atom. The second-order valence-corrected chi connectivity index (χ2v) is 10.1. The summed E-state index contributed by atoms with van der Waals surface area (Å²) in [5.74, 6) is -0.607. The van der Waals surface area contributed by atoms with Crippen LogP contribution in [0.3, 0.4) is 0 Å². The van der Waals surface area contributed by atoms with Gasteiger partial charge in [0.05, 0.1) is 18.1 Å². The van der Waals surface area contributed by atoms with Crippen molar-refractivity contribution in [1.29, 1.82) is 0 Å². The number of nitrogens with zero attached hydrogens (tertiary/aromatic N) is 5. The molecule has 0 radical (unpaired) electrons. The van der Waals surface area contributed by atoms with E-state index >= 15 is 0 Å². The molecule has 194 valence electrons. The normalized spacial score (nSPS) is 22.5. The number of halogens is 2. The van der Waals surface area contributed by atoms with E-state index in [1.165, 1.54) is 12.5 Å². The summed E-state index contributed by atoms with van der Waals surface area (Å²) < 4.78 is 34.7. The minimum absolute atomic E-state index is 0.176. The zero-order chi connectivity index (χ0) is 25.4. The van der Waals surface area contributed by atoms with E-state index in [2.05, 4.69) is 42.9 Å². The average Bonchev–Trinajstić information content (AvgIpc) is 3.52. The fourth-order valence-electron chi connectivity index (χ4n) is 5.61. The molecule has 37 heavy (non-hydrogen) atoms.